The number of amidine groups is 1. The van der Waals surface area contributed by atoms with Gasteiger partial charge in [0.05, 0.1) is 26.2 Å². The van der Waals surface area contributed by atoms with Gasteiger partial charge in [-0.3, -0.25) is 4.79 Å². The summed E-state index contributed by atoms with van der Waals surface area (Å²) in [6, 6.07) is 15.2. The molecule has 1 saturated heterocycles. The predicted octanol–water partition coefficient (Wildman–Crippen LogP) is 5.37. The smallest absolute Gasteiger partial charge is 0.335 e. The second-order valence-electron chi connectivity index (χ2n) is 6.24. The van der Waals surface area contributed by atoms with Crippen LogP contribution >= 0.6 is 35.0 Å². The van der Waals surface area contributed by atoms with E-state index in [4.69, 9.17) is 28.3 Å². The van der Waals surface area contributed by atoms with Crippen LogP contribution in [0.5, 0.6) is 0 Å². The summed E-state index contributed by atoms with van der Waals surface area (Å²) in [7, 11) is 0. The number of carbonyl (C=O) groups excluding carboxylic acids is 1. The van der Waals surface area contributed by atoms with Crippen LogP contribution in [0.2, 0.25) is 10.0 Å². The maximum Gasteiger partial charge on any atom is 0.335 e. The number of nitrogens with one attached hydrogen (secondary N) is 1. The SMILES string of the molecule is O=C1NC(=Nc2ccc(Cl)c(Cl)c2)S/C1=C\c1cccn1-c1ccc(C(=O)O)cc1. The van der Waals surface area contributed by atoms with Gasteiger partial charge in [-0.1, -0.05) is 23.2 Å². The Kier molecular flexibility index (Phi) is 5.67. The van der Waals surface area contributed by atoms with Crippen LogP contribution < -0.4 is 5.32 Å². The topological polar surface area (TPSA) is 83.7 Å². The zero-order valence-corrected chi connectivity index (χ0v) is 17.5. The first-order valence-corrected chi connectivity index (χ1v) is 10.2. The van der Waals surface area contributed by atoms with E-state index >= 15 is 0 Å². The van der Waals surface area contributed by atoms with Crippen LogP contribution in [0.25, 0.3) is 11.8 Å². The molecule has 1 fully saturated rings. The highest BCUT2D eigenvalue weighted by Gasteiger charge is 2.24. The molecule has 0 atom stereocenters. The van der Waals surface area contributed by atoms with Gasteiger partial charge in [0.1, 0.15) is 0 Å². The molecule has 0 spiro atoms. The third kappa shape index (κ3) is 4.28. The summed E-state index contributed by atoms with van der Waals surface area (Å²) in [6.07, 6.45) is 3.59. The summed E-state index contributed by atoms with van der Waals surface area (Å²) in [5, 5.41) is 13.0. The number of hydrogen-bond donors (Lipinski definition) is 2. The van der Waals surface area contributed by atoms with Crippen molar-refractivity contribution in [1.29, 1.82) is 0 Å². The summed E-state index contributed by atoms with van der Waals surface area (Å²) < 4.78 is 1.86. The fourth-order valence-electron chi connectivity index (χ4n) is 2.80. The molecule has 30 heavy (non-hydrogen) atoms. The Morgan fingerprint density at radius 3 is 2.57 bits per heavy atom. The molecule has 2 aromatic carbocycles. The molecule has 1 aliphatic rings. The van der Waals surface area contributed by atoms with Crippen molar-refractivity contribution in [2.45, 2.75) is 0 Å². The Hall–Kier alpha value is -3.00. The predicted molar refractivity (Wildman–Crippen MR) is 120 cm³/mol. The number of rotatable bonds is 4. The number of amides is 1. The Morgan fingerprint density at radius 1 is 1.10 bits per heavy atom. The van der Waals surface area contributed by atoms with Crippen molar-refractivity contribution in [3.8, 4) is 5.69 Å². The number of nitrogens with zero attached hydrogens (tertiary/aromatic N) is 2. The molecule has 0 unspecified atom stereocenters. The minimum Gasteiger partial charge on any atom is -0.478 e. The molecule has 6 nitrogen and oxygen atoms in total. The molecule has 0 aliphatic carbocycles. The third-order valence-electron chi connectivity index (χ3n) is 4.24. The number of carbonyl (C=O) groups is 2. The molecule has 3 aromatic rings. The van der Waals surface area contributed by atoms with Crippen LogP contribution in [0, 0.1) is 0 Å². The molecule has 9 heteroatoms. The summed E-state index contributed by atoms with van der Waals surface area (Å²) in [6.45, 7) is 0. The monoisotopic (exact) mass is 457 g/mol. The number of aromatic nitrogens is 1. The van der Waals surface area contributed by atoms with Crippen LogP contribution in [0.1, 0.15) is 16.1 Å². The van der Waals surface area contributed by atoms with Gasteiger partial charge < -0.3 is 15.0 Å². The average Bonchev–Trinajstić information content (AvgIpc) is 3.31. The van der Waals surface area contributed by atoms with Crippen LogP contribution in [0.4, 0.5) is 5.69 Å². The first-order valence-electron chi connectivity index (χ1n) is 8.66. The highest BCUT2D eigenvalue weighted by atomic mass is 35.5. The van der Waals surface area contributed by atoms with Crippen LogP contribution in [0.15, 0.2) is 70.7 Å². The molecule has 150 valence electrons. The average molecular weight is 458 g/mol. The Morgan fingerprint density at radius 2 is 1.87 bits per heavy atom. The highest BCUT2D eigenvalue weighted by molar-refractivity contribution is 8.18. The third-order valence-corrected chi connectivity index (χ3v) is 5.89. The molecule has 1 aliphatic heterocycles. The van der Waals surface area contributed by atoms with Crippen LogP contribution in [0.3, 0.4) is 0 Å². The molecular weight excluding hydrogens is 445 g/mol. The number of halogens is 2. The lowest BCUT2D eigenvalue weighted by Gasteiger charge is -2.07. The maximum absolute atomic E-state index is 12.4. The maximum atomic E-state index is 12.4. The number of benzene rings is 2. The quantitative estimate of drug-likeness (QED) is 0.515. The first kappa shape index (κ1) is 20.3. The van der Waals surface area contributed by atoms with Crippen LogP contribution in [-0.2, 0) is 4.79 Å². The number of aromatic carboxylic acids is 1. The molecule has 0 bridgehead atoms. The van der Waals surface area contributed by atoms with E-state index < -0.39 is 5.97 Å². The van der Waals surface area contributed by atoms with Crippen molar-refractivity contribution in [3.05, 3.63) is 87.0 Å². The number of carboxylic acids is 1. The van der Waals surface area contributed by atoms with Gasteiger partial charge in [0.15, 0.2) is 5.17 Å². The number of carboxylic acid groups (broad SMARTS) is 1. The van der Waals surface area contributed by atoms with Crippen molar-refractivity contribution in [1.82, 2.24) is 9.88 Å². The summed E-state index contributed by atoms with van der Waals surface area (Å²) >= 11 is 13.1. The first-order chi connectivity index (χ1) is 14.4. The minimum absolute atomic E-state index is 0.208. The van der Waals surface area contributed by atoms with Crippen molar-refractivity contribution in [2.75, 3.05) is 0 Å². The van der Waals surface area contributed by atoms with Crippen molar-refractivity contribution < 1.29 is 14.7 Å². The molecular formula is C21H13Cl2N3O3S. The van der Waals surface area contributed by atoms with Gasteiger partial charge in [-0.15, -0.1) is 0 Å². The Balaban J connectivity index is 1.59. The number of thioether (sulfide) groups is 1. The van der Waals surface area contributed by atoms with Crippen LogP contribution in [-0.4, -0.2) is 26.7 Å². The van der Waals surface area contributed by atoms with Gasteiger partial charge in [0.2, 0.25) is 0 Å². The van der Waals surface area contributed by atoms with Gasteiger partial charge in [0, 0.05) is 17.6 Å². The zero-order valence-electron chi connectivity index (χ0n) is 15.2. The molecule has 0 saturated carbocycles. The molecule has 2 heterocycles. The van der Waals surface area contributed by atoms with Crippen molar-refractivity contribution in [3.63, 3.8) is 0 Å². The van der Waals surface area contributed by atoms with Gasteiger partial charge in [0.25, 0.3) is 5.91 Å². The van der Waals surface area contributed by atoms with Gasteiger partial charge in [-0.25, -0.2) is 9.79 Å². The van der Waals surface area contributed by atoms with E-state index in [0.717, 1.165) is 11.4 Å². The van der Waals surface area contributed by atoms with Crippen molar-refractivity contribution in [2.24, 2.45) is 4.99 Å². The largest absolute Gasteiger partial charge is 0.478 e. The Bertz CT molecular complexity index is 1220. The van der Waals surface area contributed by atoms with E-state index in [1.165, 1.54) is 23.9 Å². The molecule has 2 N–H and O–H groups in total. The summed E-state index contributed by atoms with van der Waals surface area (Å²) in [5.74, 6) is -1.24. The highest BCUT2D eigenvalue weighted by Crippen LogP contribution is 2.31. The van der Waals surface area contributed by atoms with Gasteiger partial charge >= 0.3 is 5.97 Å². The summed E-state index contributed by atoms with van der Waals surface area (Å²) in [4.78, 5) is 28.3. The van der Waals surface area contributed by atoms with E-state index in [2.05, 4.69) is 10.3 Å². The van der Waals surface area contributed by atoms with E-state index in [9.17, 15) is 9.59 Å². The standard InChI is InChI=1S/C21H13Cl2N3O3S/c22-16-8-5-13(10-17(16)23)24-21-25-19(27)18(30-21)11-15-2-1-9-26(15)14-6-3-12(4-7-14)20(28)29/h1-11H,(H,28,29)(H,24,25,27)/b18-11-. The lowest BCUT2D eigenvalue weighted by Crippen LogP contribution is -2.19. The molecule has 4 rings (SSSR count). The normalized spacial score (nSPS) is 16.3. The lowest BCUT2D eigenvalue weighted by molar-refractivity contribution is -0.115. The molecule has 0 radical (unpaired) electrons. The molecule has 1 aromatic heterocycles. The van der Waals surface area contributed by atoms with E-state index in [-0.39, 0.29) is 11.5 Å². The van der Waals surface area contributed by atoms with E-state index in [1.807, 2.05) is 22.9 Å². The Labute approximate surface area is 185 Å². The fraction of sp³-hybridized carbons (Fsp3) is 0. The second-order valence-corrected chi connectivity index (χ2v) is 8.08. The van der Waals surface area contributed by atoms with E-state index in [0.29, 0.717) is 25.8 Å². The number of hydrogen-bond acceptors (Lipinski definition) is 4. The lowest BCUT2D eigenvalue weighted by atomic mass is 10.2. The fourth-order valence-corrected chi connectivity index (χ4v) is 3.92. The van der Waals surface area contributed by atoms with Gasteiger partial charge in [-0.05, 0) is 72.4 Å². The molecule has 1 amide bonds. The van der Waals surface area contributed by atoms with Gasteiger partial charge in [-0.2, -0.15) is 0 Å². The second kappa shape index (κ2) is 8.39. The minimum atomic E-state index is -0.982. The summed E-state index contributed by atoms with van der Waals surface area (Å²) in [5.41, 5.74) is 2.34. The zero-order chi connectivity index (χ0) is 21.3. The van der Waals surface area contributed by atoms with Crippen molar-refractivity contribution >= 4 is 63.8 Å². The number of aliphatic imine (C=N–C) groups is 1. The van der Waals surface area contributed by atoms with E-state index in [1.54, 1.807) is 36.4 Å².